The van der Waals surface area contributed by atoms with Crippen molar-refractivity contribution in [3.63, 3.8) is 0 Å². The maximum Gasteiger partial charge on any atom is 0.411 e. The summed E-state index contributed by atoms with van der Waals surface area (Å²) in [5.74, 6) is -0.397. The average Bonchev–Trinajstić information content (AvgIpc) is 3.28. The number of fused-ring (bicyclic) bond motifs is 1. The first-order valence-electron chi connectivity index (χ1n) is 20.5. The van der Waals surface area contributed by atoms with Crippen LogP contribution in [-0.4, -0.2) is 76.8 Å². The molecule has 61 heavy (non-hydrogen) atoms. The van der Waals surface area contributed by atoms with Crippen LogP contribution in [0.1, 0.15) is 52.4 Å². The second-order valence-corrected chi connectivity index (χ2v) is 15.1. The van der Waals surface area contributed by atoms with Crippen LogP contribution >= 0.6 is 0 Å². The van der Waals surface area contributed by atoms with Crippen LogP contribution in [0.2, 0.25) is 0 Å². The molecule has 0 aliphatic carbocycles. The molecule has 1 saturated heterocycles. The Balaban J connectivity index is 0.782. The van der Waals surface area contributed by atoms with Crippen molar-refractivity contribution in [2.45, 2.75) is 44.4 Å². The van der Waals surface area contributed by atoms with Gasteiger partial charge >= 0.3 is 6.09 Å². The van der Waals surface area contributed by atoms with E-state index in [2.05, 4.69) is 31.2 Å². The quantitative estimate of drug-likeness (QED) is 0.0520. The van der Waals surface area contributed by atoms with Crippen molar-refractivity contribution < 1.29 is 29.3 Å². The maximum atomic E-state index is 13.1. The number of amides is 3. The van der Waals surface area contributed by atoms with E-state index in [9.17, 15) is 29.4 Å². The Morgan fingerprint density at radius 3 is 2.39 bits per heavy atom. The minimum absolute atomic E-state index is 0.0542. The number of nitrogens with one attached hydrogen (secondary N) is 5. The predicted octanol–water partition coefficient (Wildman–Crippen LogP) is 6.74. The third-order valence-electron chi connectivity index (χ3n) is 10.8. The van der Waals surface area contributed by atoms with Crippen LogP contribution < -0.4 is 26.8 Å². The number of phenolic OH excluding ortho intramolecular Hbond substituents is 1. The predicted molar refractivity (Wildman–Crippen MR) is 237 cm³/mol. The third-order valence-corrected chi connectivity index (χ3v) is 10.8. The lowest BCUT2D eigenvalue weighted by Gasteiger charge is -2.31. The zero-order chi connectivity index (χ0) is 42.6. The summed E-state index contributed by atoms with van der Waals surface area (Å²) in [5, 5.41) is 33.6. The van der Waals surface area contributed by atoms with E-state index >= 15 is 0 Å². The van der Waals surface area contributed by atoms with Gasteiger partial charge in [-0.1, -0.05) is 78.9 Å². The zero-order valence-corrected chi connectivity index (χ0v) is 33.7. The lowest BCUT2D eigenvalue weighted by molar-refractivity contribution is -0.121. The highest BCUT2D eigenvalue weighted by atomic mass is 16.6. The van der Waals surface area contributed by atoms with E-state index in [1.165, 1.54) is 12.1 Å². The van der Waals surface area contributed by atoms with Crippen molar-refractivity contribution in [1.82, 2.24) is 20.5 Å². The van der Waals surface area contributed by atoms with Crippen molar-refractivity contribution in [3.05, 3.63) is 160 Å². The molecule has 0 radical (unpaired) electrons. The second-order valence-electron chi connectivity index (χ2n) is 15.1. The molecule has 0 bridgehead atoms. The van der Waals surface area contributed by atoms with Gasteiger partial charge in [-0.15, -0.1) is 0 Å². The molecule has 2 heterocycles. The molecule has 1 aliphatic heterocycles. The zero-order valence-electron chi connectivity index (χ0n) is 33.7. The number of piperidine rings is 1. The Hall–Kier alpha value is -6.80. The van der Waals surface area contributed by atoms with Gasteiger partial charge in [0.25, 0.3) is 5.91 Å². The normalized spacial score (nSPS) is 13.7. The first-order chi connectivity index (χ1) is 29.7. The molecule has 5 aromatic carbocycles. The van der Waals surface area contributed by atoms with Crippen molar-refractivity contribution in [2.75, 3.05) is 43.4 Å². The second kappa shape index (κ2) is 20.4. The van der Waals surface area contributed by atoms with Gasteiger partial charge in [0, 0.05) is 67.4 Å². The first-order valence-corrected chi connectivity index (χ1v) is 20.5. The highest BCUT2D eigenvalue weighted by molar-refractivity contribution is 6.04. The van der Waals surface area contributed by atoms with E-state index in [1.54, 1.807) is 30.3 Å². The van der Waals surface area contributed by atoms with Gasteiger partial charge in [-0.3, -0.25) is 19.7 Å². The molecule has 1 atom stereocenters. The number of likely N-dealkylation sites (tertiary alicyclic amines) is 1. The number of aliphatic hydroxyl groups excluding tert-OH is 1. The molecular weight excluding hydrogens is 773 g/mol. The van der Waals surface area contributed by atoms with Gasteiger partial charge in [0.05, 0.1) is 17.3 Å². The lowest BCUT2D eigenvalue weighted by atomic mass is 10.0. The molecule has 1 aliphatic rings. The molecule has 13 nitrogen and oxygen atoms in total. The molecule has 13 heteroatoms. The summed E-state index contributed by atoms with van der Waals surface area (Å²) in [6.07, 6.45) is 0.879. The van der Waals surface area contributed by atoms with Crippen LogP contribution in [0.5, 0.6) is 5.75 Å². The summed E-state index contributed by atoms with van der Waals surface area (Å²) < 4.78 is 5.75. The molecule has 1 fully saturated rings. The Morgan fingerprint density at radius 2 is 1.59 bits per heavy atom. The summed E-state index contributed by atoms with van der Waals surface area (Å²) in [6.45, 7) is 3.22. The minimum Gasteiger partial charge on any atom is -0.506 e. The molecule has 0 saturated carbocycles. The van der Waals surface area contributed by atoms with E-state index in [-0.39, 0.29) is 35.8 Å². The number of hydrogen-bond acceptors (Lipinski definition) is 9. The van der Waals surface area contributed by atoms with Gasteiger partial charge in [-0.25, -0.2) is 4.79 Å². The standard InChI is InChI=1S/C48H50N6O7/c55-42-19-17-39(40-18-20-45(58)53-46(40)42)43(56)31-49-25-21-32-13-15-36(16-14-32)51-47(59)35-10-6-7-33(29-35)30-50-44(57)24-28-54-26-22-37(23-27-54)61-48(60)52-41-12-5-4-11-38(41)34-8-2-1-3-9-34/h1-20,29,37,43,49,55-56H,21-28,30-31H2,(H,50,57)(H,51,59)(H,52,60)(H,53,58). The lowest BCUT2D eigenvalue weighted by Crippen LogP contribution is -2.40. The number of nitrogens with zero attached hydrogens (tertiary/aromatic N) is 1. The summed E-state index contributed by atoms with van der Waals surface area (Å²) in [5.41, 5.74) is 6.18. The molecule has 314 valence electrons. The van der Waals surface area contributed by atoms with E-state index in [0.717, 1.165) is 35.3 Å². The highest BCUT2D eigenvalue weighted by Crippen LogP contribution is 2.29. The number of H-pyrrole nitrogens is 1. The van der Waals surface area contributed by atoms with Crippen molar-refractivity contribution in [3.8, 4) is 16.9 Å². The highest BCUT2D eigenvalue weighted by Gasteiger charge is 2.23. The number of carbonyl (C=O) groups is 3. The smallest absolute Gasteiger partial charge is 0.411 e. The first kappa shape index (κ1) is 42.3. The number of para-hydroxylation sites is 1. The Labute approximate surface area is 353 Å². The van der Waals surface area contributed by atoms with Crippen LogP contribution in [0.4, 0.5) is 16.2 Å². The number of phenols is 1. The number of ether oxygens (including phenoxy) is 1. The van der Waals surface area contributed by atoms with E-state index in [4.69, 9.17) is 4.74 Å². The number of carbonyl (C=O) groups excluding carboxylic acids is 3. The average molecular weight is 823 g/mol. The van der Waals surface area contributed by atoms with E-state index in [0.29, 0.717) is 78.7 Å². The minimum atomic E-state index is -0.845. The fraction of sp³-hybridized carbons (Fsp3) is 0.250. The van der Waals surface area contributed by atoms with Gasteiger partial charge in [-0.2, -0.15) is 0 Å². The molecule has 6 aromatic rings. The Morgan fingerprint density at radius 1 is 0.820 bits per heavy atom. The third kappa shape index (κ3) is 11.7. The number of benzene rings is 5. The van der Waals surface area contributed by atoms with Gasteiger partial charge in [-0.05, 0) is 90.5 Å². The number of anilines is 2. The van der Waals surface area contributed by atoms with Crippen LogP contribution in [0.15, 0.2) is 132 Å². The number of pyridine rings is 1. The number of hydrogen-bond donors (Lipinski definition) is 7. The number of aromatic nitrogens is 1. The van der Waals surface area contributed by atoms with Gasteiger partial charge < -0.3 is 40.8 Å². The number of aromatic hydroxyl groups is 1. The summed E-state index contributed by atoms with van der Waals surface area (Å²) in [6, 6.07) is 38.3. The fourth-order valence-corrected chi connectivity index (χ4v) is 7.46. The van der Waals surface area contributed by atoms with Gasteiger partial charge in [0.2, 0.25) is 11.5 Å². The van der Waals surface area contributed by atoms with Gasteiger partial charge in [0.15, 0.2) is 0 Å². The Kier molecular flexibility index (Phi) is 14.2. The number of aromatic amines is 1. The summed E-state index contributed by atoms with van der Waals surface area (Å²) in [4.78, 5) is 55.2. The van der Waals surface area contributed by atoms with Crippen LogP contribution in [0, 0.1) is 0 Å². The fourth-order valence-electron chi connectivity index (χ4n) is 7.46. The Bertz CT molecular complexity index is 2500. The topological polar surface area (TPSA) is 185 Å². The van der Waals surface area contributed by atoms with Crippen LogP contribution in [0.3, 0.4) is 0 Å². The van der Waals surface area contributed by atoms with Crippen LogP contribution in [-0.2, 0) is 22.5 Å². The maximum absolute atomic E-state index is 13.1. The molecule has 0 spiro atoms. The molecule has 1 aromatic heterocycles. The van der Waals surface area contributed by atoms with Crippen molar-refractivity contribution in [1.29, 1.82) is 0 Å². The largest absolute Gasteiger partial charge is 0.506 e. The summed E-state index contributed by atoms with van der Waals surface area (Å²) >= 11 is 0. The molecule has 7 N–H and O–H groups in total. The molecule has 3 amide bonds. The van der Waals surface area contributed by atoms with Gasteiger partial charge in [0.1, 0.15) is 11.9 Å². The van der Waals surface area contributed by atoms with Crippen molar-refractivity contribution >= 4 is 40.2 Å². The van der Waals surface area contributed by atoms with E-state index < -0.39 is 12.2 Å². The molecule has 1 unspecified atom stereocenters. The van der Waals surface area contributed by atoms with Crippen LogP contribution in [0.25, 0.3) is 22.0 Å². The molecule has 7 rings (SSSR count). The van der Waals surface area contributed by atoms with Crippen molar-refractivity contribution in [2.24, 2.45) is 0 Å². The number of rotatable bonds is 16. The monoisotopic (exact) mass is 822 g/mol. The molecular formula is C48H50N6O7. The van der Waals surface area contributed by atoms with E-state index in [1.807, 2.05) is 84.9 Å². The number of aliphatic hydroxyl groups is 1. The SMILES string of the molecule is O=C(CCN1CCC(OC(=O)Nc2ccccc2-c2ccccc2)CC1)NCc1cccc(C(=O)Nc2ccc(CCNCC(O)c3ccc(O)c4[nH]c(=O)ccc34)cc2)c1. The summed E-state index contributed by atoms with van der Waals surface area (Å²) in [7, 11) is 0.